The van der Waals surface area contributed by atoms with E-state index in [4.69, 9.17) is 5.11 Å². The molecule has 3 heteroatoms. The number of pyridine rings is 1. The number of aliphatic carboxylic acids is 1. The zero-order chi connectivity index (χ0) is 14.8. The first kappa shape index (κ1) is 13.3. The fourth-order valence-corrected chi connectivity index (χ4v) is 2.64. The van der Waals surface area contributed by atoms with Gasteiger partial charge in [0.15, 0.2) is 0 Å². The van der Waals surface area contributed by atoms with Crippen molar-refractivity contribution in [1.82, 2.24) is 4.98 Å². The molecule has 0 bridgehead atoms. The number of carboxylic acid groups (broad SMARTS) is 1. The van der Waals surface area contributed by atoms with Crippen LogP contribution in [0.1, 0.15) is 11.1 Å². The second kappa shape index (κ2) is 5.37. The number of carboxylic acids is 1. The Kier molecular flexibility index (Phi) is 3.40. The Balaban J connectivity index is 2.26. The Labute approximate surface area is 122 Å². The van der Waals surface area contributed by atoms with E-state index in [0.717, 1.165) is 33.2 Å². The highest BCUT2D eigenvalue weighted by Crippen LogP contribution is 2.30. The summed E-state index contributed by atoms with van der Waals surface area (Å²) in [5.41, 5.74) is 3.95. The van der Waals surface area contributed by atoms with Gasteiger partial charge in [-0.1, -0.05) is 42.5 Å². The van der Waals surface area contributed by atoms with Gasteiger partial charge in [0.1, 0.15) is 0 Å². The van der Waals surface area contributed by atoms with Crippen LogP contribution in [0.4, 0.5) is 0 Å². The van der Waals surface area contributed by atoms with Crippen molar-refractivity contribution < 1.29 is 9.90 Å². The number of fused-ring (bicyclic) bond motifs is 1. The second-order valence-corrected chi connectivity index (χ2v) is 5.06. The van der Waals surface area contributed by atoms with Gasteiger partial charge >= 0.3 is 5.97 Å². The van der Waals surface area contributed by atoms with Gasteiger partial charge in [-0.2, -0.15) is 0 Å². The maximum Gasteiger partial charge on any atom is 0.307 e. The van der Waals surface area contributed by atoms with Crippen molar-refractivity contribution in [3.63, 3.8) is 0 Å². The summed E-state index contributed by atoms with van der Waals surface area (Å²) in [6.45, 7) is 2.05. The molecule has 0 fully saturated rings. The summed E-state index contributed by atoms with van der Waals surface area (Å²) >= 11 is 0. The van der Waals surface area contributed by atoms with Crippen LogP contribution in [0.15, 0.2) is 54.7 Å². The third-order valence-electron chi connectivity index (χ3n) is 3.64. The highest BCUT2D eigenvalue weighted by atomic mass is 16.4. The van der Waals surface area contributed by atoms with Gasteiger partial charge in [0.2, 0.25) is 0 Å². The molecule has 0 aliphatic rings. The van der Waals surface area contributed by atoms with Gasteiger partial charge in [0.25, 0.3) is 0 Å². The van der Waals surface area contributed by atoms with Crippen molar-refractivity contribution in [3.05, 3.63) is 65.9 Å². The number of rotatable bonds is 3. The number of hydrogen-bond acceptors (Lipinski definition) is 2. The van der Waals surface area contributed by atoms with Crippen molar-refractivity contribution in [2.45, 2.75) is 13.3 Å². The van der Waals surface area contributed by atoms with Crippen LogP contribution in [0.25, 0.3) is 22.0 Å². The van der Waals surface area contributed by atoms with Gasteiger partial charge in [-0.25, -0.2) is 0 Å². The molecule has 3 aromatic rings. The average molecular weight is 277 g/mol. The molecule has 0 saturated carbocycles. The molecule has 0 aliphatic carbocycles. The molecule has 0 saturated heterocycles. The van der Waals surface area contributed by atoms with E-state index in [0.29, 0.717) is 0 Å². The molecule has 0 aliphatic heterocycles. The van der Waals surface area contributed by atoms with E-state index in [1.54, 1.807) is 6.20 Å². The second-order valence-electron chi connectivity index (χ2n) is 5.06. The summed E-state index contributed by atoms with van der Waals surface area (Å²) in [5, 5.41) is 11.0. The van der Waals surface area contributed by atoms with Gasteiger partial charge in [-0.15, -0.1) is 0 Å². The lowest BCUT2D eigenvalue weighted by atomic mass is 9.97. The van der Waals surface area contributed by atoms with Crippen molar-refractivity contribution in [2.75, 3.05) is 0 Å². The minimum atomic E-state index is -0.822. The summed E-state index contributed by atoms with van der Waals surface area (Å²) in [6, 6.07) is 15.7. The average Bonchev–Trinajstić information content (AvgIpc) is 2.47. The van der Waals surface area contributed by atoms with E-state index in [1.165, 1.54) is 0 Å². The fraction of sp³-hybridized carbons (Fsp3) is 0.111. The van der Waals surface area contributed by atoms with Crippen LogP contribution in [-0.4, -0.2) is 16.1 Å². The Morgan fingerprint density at radius 1 is 1.05 bits per heavy atom. The van der Waals surface area contributed by atoms with Crippen LogP contribution in [0.5, 0.6) is 0 Å². The predicted molar refractivity (Wildman–Crippen MR) is 83.3 cm³/mol. The van der Waals surface area contributed by atoms with Crippen LogP contribution in [-0.2, 0) is 11.2 Å². The third kappa shape index (κ3) is 2.50. The van der Waals surface area contributed by atoms with Crippen LogP contribution >= 0.6 is 0 Å². The molecule has 0 radical (unpaired) electrons. The van der Waals surface area contributed by atoms with E-state index in [1.807, 2.05) is 42.5 Å². The van der Waals surface area contributed by atoms with Gasteiger partial charge < -0.3 is 5.11 Å². The number of nitrogens with zero attached hydrogens (tertiary/aromatic N) is 1. The summed E-state index contributed by atoms with van der Waals surface area (Å²) in [5.74, 6) is -0.822. The topological polar surface area (TPSA) is 50.2 Å². The molecule has 1 N–H and O–H groups in total. The Hall–Kier alpha value is -2.68. The monoisotopic (exact) mass is 277 g/mol. The molecule has 3 rings (SSSR count). The summed E-state index contributed by atoms with van der Waals surface area (Å²) in [6.07, 6.45) is 1.77. The van der Waals surface area contributed by atoms with Crippen molar-refractivity contribution in [2.24, 2.45) is 0 Å². The maximum atomic E-state index is 11.0. The van der Waals surface area contributed by atoms with Gasteiger partial charge in [-0.05, 0) is 29.5 Å². The Bertz CT molecular complexity index is 824. The van der Waals surface area contributed by atoms with Gasteiger partial charge in [-0.3, -0.25) is 9.78 Å². The van der Waals surface area contributed by atoms with Crippen molar-refractivity contribution in [3.8, 4) is 11.3 Å². The lowest BCUT2D eigenvalue weighted by Crippen LogP contribution is -2.01. The van der Waals surface area contributed by atoms with Crippen LogP contribution in [0.3, 0.4) is 0 Å². The van der Waals surface area contributed by atoms with Gasteiger partial charge in [0, 0.05) is 17.1 Å². The molecule has 3 nitrogen and oxygen atoms in total. The van der Waals surface area contributed by atoms with E-state index in [2.05, 4.69) is 18.0 Å². The third-order valence-corrected chi connectivity index (χ3v) is 3.64. The predicted octanol–water partition coefficient (Wildman–Crippen LogP) is 3.84. The molecule has 0 amide bonds. The number of aryl methyl sites for hydroxylation is 1. The first-order valence-electron chi connectivity index (χ1n) is 6.81. The zero-order valence-corrected chi connectivity index (χ0v) is 11.7. The first-order chi connectivity index (χ1) is 10.2. The number of aromatic nitrogens is 1. The van der Waals surface area contributed by atoms with Crippen LogP contribution < -0.4 is 0 Å². The summed E-state index contributed by atoms with van der Waals surface area (Å²) in [4.78, 5) is 15.5. The molecule has 0 spiro atoms. The molecular formula is C18H15NO2. The minimum Gasteiger partial charge on any atom is -0.481 e. The minimum absolute atomic E-state index is 0.0224. The lowest BCUT2D eigenvalue weighted by Gasteiger charge is -2.10. The smallest absolute Gasteiger partial charge is 0.307 e. The van der Waals surface area contributed by atoms with E-state index < -0.39 is 5.97 Å². The molecule has 2 aromatic carbocycles. The molecule has 104 valence electrons. The molecular weight excluding hydrogens is 262 g/mol. The Morgan fingerprint density at radius 3 is 2.62 bits per heavy atom. The van der Waals surface area contributed by atoms with E-state index in [-0.39, 0.29) is 6.42 Å². The van der Waals surface area contributed by atoms with E-state index >= 15 is 0 Å². The van der Waals surface area contributed by atoms with E-state index in [9.17, 15) is 4.79 Å². The van der Waals surface area contributed by atoms with Crippen molar-refractivity contribution >= 4 is 16.7 Å². The Morgan fingerprint density at radius 2 is 1.86 bits per heavy atom. The zero-order valence-electron chi connectivity index (χ0n) is 11.7. The lowest BCUT2D eigenvalue weighted by molar-refractivity contribution is -0.136. The fourth-order valence-electron chi connectivity index (χ4n) is 2.64. The normalized spacial score (nSPS) is 10.7. The molecule has 0 unspecified atom stereocenters. The highest BCUT2D eigenvalue weighted by molar-refractivity contribution is 5.98. The molecule has 21 heavy (non-hydrogen) atoms. The molecule has 0 atom stereocenters. The maximum absolute atomic E-state index is 11.0. The summed E-state index contributed by atoms with van der Waals surface area (Å²) < 4.78 is 0. The SMILES string of the molecule is Cc1ccccc1-c1nccc2c(CC(=O)O)cccc12. The quantitative estimate of drug-likeness (QED) is 0.791. The number of carbonyl (C=O) groups is 1. The van der Waals surface area contributed by atoms with Gasteiger partial charge in [0.05, 0.1) is 12.1 Å². The van der Waals surface area contributed by atoms with Crippen LogP contribution in [0, 0.1) is 6.92 Å². The number of hydrogen-bond donors (Lipinski definition) is 1. The first-order valence-corrected chi connectivity index (χ1v) is 6.81. The largest absolute Gasteiger partial charge is 0.481 e. The summed E-state index contributed by atoms with van der Waals surface area (Å²) in [7, 11) is 0. The highest BCUT2D eigenvalue weighted by Gasteiger charge is 2.11. The molecule has 1 aromatic heterocycles. The van der Waals surface area contributed by atoms with Crippen LogP contribution in [0.2, 0.25) is 0 Å². The molecule has 1 heterocycles. The number of benzene rings is 2. The standard InChI is InChI=1S/C18H15NO2/c1-12-5-2-3-7-14(12)18-16-8-4-6-13(11-17(20)21)15(16)9-10-19-18/h2-10H,11H2,1H3,(H,20,21). The van der Waals surface area contributed by atoms with Crippen molar-refractivity contribution in [1.29, 1.82) is 0 Å².